The first kappa shape index (κ1) is 30.6. The van der Waals surface area contributed by atoms with Crippen LogP contribution in [0.5, 0.6) is 5.75 Å². The van der Waals surface area contributed by atoms with Gasteiger partial charge >= 0.3 is 6.03 Å². The number of aliphatic hydroxyl groups is 1. The molecule has 1 saturated heterocycles. The number of hydrogen-bond acceptors (Lipinski definition) is 7. The molecule has 2 heterocycles. The highest BCUT2D eigenvalue weighted by Crippen LogP contribution is 2.29. The summed E-state index contributed by atoms with van der Waals surface area (Å²) in [6, 6.07) is 4.77. The van der Waals surface area contributed by atoms with Crippen LogP contribution in [-0.2, 0) is 20.7 Å². The van der Waals surface area contributed by atoms with Gasteiger partial charge in [0.15, 0.2) is 0 Å². The first-order valence-electron chi connectivity index (χ1n) is 13.9. The van der Waals surface area contributed by atoms with Crippen molar-refractivity contribution < 1.29 is 29.0 Å². The van der Waals surface area contributed by atoms with Gasteiger partial charge in [-0.05, 0) is 39.0 Å². The van der Waals surface area contributed by atoms with Crippen molar-refractivity contribution in [1.29, 1.82) is 0 Å². The molecule has 3 rings (SSSR count). The summed E-state index contributed by atoms with van der Waals surface area (Å²) in [4.78, 5) is 44.1. The molecular weight excluding hydrogens is 502 g/mol. The fraction of sp³-hybridized carbons (Fsp3) is 0.679. The molecule has 1 fully saturated rings. The van der Waals surface area contributed by atoms with Crippen molar-refractivity contribution in [3.05, 3.63) is 23.8 Å². The summed E-state index contributed by atoms with van der Waals surface area (Å²) in [7, 11) is 1.72. The third-order valence-corrected chi connectivity index (χ3v) is 7.17. The highest BCUT2D eigenvalue weighted by molar-refractivity contribution is 5.91. The Morgan fingerprint density at radius 2 is 1.92 bits per heavy atom. The summed E-state index contributed by atoms with van der Waals surface area (Å²) in [6.45, 7) is 11.8. The molecule has 218 valence electrons. The molecule has 4 amide bonds. The molecule has 0 saturated carbocycles. The third kappa shape index (κ3) is 9.08. The molecule has 3 N–H and O–H groups in total. The van der Waals surface area contributed by atoms with E-state index in [9.17, 15) is 19.5 Å². The topological polar surface area (TPSA) is 124 Å². The highest BCUT2D eigenvalue weighted by Gasteiger charge is 2.32. The maximum absolute atomic E-state index is 13.4. The first-order chi connectivity index (χ1) is 18.6. The standard InChI is InChI=1S/C28H45N5O6/c1-19(2)29-28(37)31(5)17-25-20(3)16-33(21(4)18-34)27(36)15-22-14-23(6-7-24(22)39-25)30-26(35)8-9-32-10-12-38-13-11-32/h6-7,14,19-21,25,34H,8-13,15-18H2,1-5H3,(H,29,37)(H,30,35)/t20-,21+,25-/m1/s1. The van der Waals surface area contributed by atoms with Gasteiger partial charge in [0.05, 0.1) is 38.8 Å². The maximum Gasteiger partial charge on any atom is 0.317 e. The monoisotopic (exact) mass is 547 g/mol. The average molecular weight is 548 g/mol. The van der Waals surface area contributed by atoms with Crippen LogP contribution in [0.1, 0.15) is 39.7 Å². The second kappa shape index (κ2) is 14.5. The van der Waals surface area contributed by atoms with Gasteiger partial charge in [-0.15, -0.1) is 0 Å². The summed E-state index contributed by atoms with van der Waals surface area (Å²) < 4.78 is 11.8. The predicted octanol–water partition coefficient (Wildman–Crippen LogP) is 1.55. The van der Waals surface area contributed by atoms with E-state index in [1.54, 1.807) is 35.0 Å². The van der Waals surface area contributed by atoms with Gasteiger partial charge in [0.1, 0.15) is 11.9 Å². The zero-order chi connectivity index (χ0) is 28.5. The SMILES string of the molecule is CC(C)NC(=O)N(C)C[C@H]1Oc2ccc(NC(=O)CCN3CCOCC3)cc2CC(=O)N([C@@H](C)CO)C[C@H]1C. The fourth-order valence-electron chi connectivity index (χ4n) is 4.74. The van der Waals surface area contributed by atoms with Crippen LogP contribution in [0.25, 0.3) is 0 Å². The van der Waals surface area contributed by atoms with Crippen LogP contribution in [0, 0.1) is 5.92 Å². The van der Waals surface area contributed by atoms with Crippen LogP contribution in [0.4, 0.5) is 10.5 Å². The molecule has 2 aliphatic heterocycles. The number of aliphatic hydroxyl groups excluding tert-OH is 1. The Morgan fingerprint density at radius 3 is 2.59 bits per heavy atom. The van der Waals surface area contributed by atoms with Crippen LogP contribution in [0.2, 0.25) is 0 Å². The summed E-state index contributed by atoms with van der Waals surface area (Å²) in [5, 5.41) is 15.7. The zero-order valence-corrected chi connectivity index (χ0v) is 23.9. The molecule has 1 aromatic carbocycles. The molecule has 0 spiro atoms. The molecule has 11 heteroatoms. The van der Waals surface area contributed by atoms with Crippen LogP contribution in [0.3, 0.4) is 0 Å². The van der Waals surface area contributed by atoms with E-state index in [0.717, 1.165) is 13.1 Å². The van der Waals surface area contributed by atoms with Crippen LogP contribution in [-0.4, -0.2) is 115 Å². The van der Waals surface area contributed by atoms with Crippen molar-refractivity contribution in [2.75, 3.05) is 64.9 Å². The summed E-state index contributed by atoms with van der Waals surface area (Å²) in [5.41, 5.74) is 1.24. The molecule has 0 aliphatic carbocycles. The van der Waals surface area contributed by atoms with Crippen LogP contribution in [0.15, 0.2) is 18.2 Å². The van der Waals surface area contributed by atoms with Gasteiger partial charge in [0.25, 0.3) is 0 Å². The van der Waals surface area contributed by atoms with E-state index in [1.807, 2.05) is 27.7 Å². The third-order valence-electron chi connectivity index (χ3n) is 7.17. The number of fused-ring (bicyclic) bond motifs is 1. The van der Waals surface area contributed by atoms with Gasteiger partial charge in [-0.2, -0.15) is 0 Å². The lowest BCUT2D eigenvalue weighted by molar-refractivity contribution is -0.134. The number of hydrogen-bond donors (Lipinski definition) is 3. The van der Waals surface area contributed by atoms with E-state index in [2.05, 4.69) is 15.5 Å². The van der Waals surface area contributed by atoms with Gasteiger partial charge in [-0.1, -0.05) is 6.92 Å². The van der Waals surface area contributed by atoms with E-state index in [-0.39, 0.29) is 48.9 Å². The summed E-state index contributed by atoms with van der Waals surface area (Å²) in [5.74, 6) is 0.192. The summed E-state index contributed by atoms with van der Waals surface area (Å²) >= 11 is 0. The number of ether oxygens (including phenoxy) is 2. The van der Waals surface area contributed by atoms with Crippen molar-refractivity contribution in [2.24, 2.45) is 5.92 Å². The molecule has 0 bridgehead atoms. The smallest absolute Gasteiger partial charge is 0.317 e. The van der Waals surface area contributed by atoms with E-state index in [1.165, 1.54) is 0 Å². The van der Waals surface area contributed by atoms with Crippen molar-refractivity contribution in [3.63, 3.8) is 0 Å². The molecular formula is C28H45N5O6. The van der Waals surface area contributed by atoms with Gasteiger partial charge in [0.2, 0.25) is 11.8 Å². The van der Waals surface area contributed by atoms with E-state index in [0.29, 0.717) is 56.3 Å². The quantitative estimate of drug-likeness (QED) is 0.429. The minimum Gasteiger partial charge on any atom is -0.488 e. The normalized spacial score (nSPS) is 21.2. The maximum atomic E-state index is 13.4. The van der Waals surface area contributed by atoms with E-state index >= 15 is 0 Å². The van der Waals surface area contributed by atoms with Crippen molar-refractivity contribution >= 4 is 23.5 Å². The van der Waals surface area contributed by atoms with E-state index in [4.69, 9.17) is 9.47 Å². The second-order valence-electron chi connectivity index (χ2n) is 10.9. The number of amides is 4. The fourth-order valence-corrected chi connectivity index (χ4v) is 4.74. The molecule has 1 aromatic rings. The highest BCUT2D eigenvalue weighted by atomic mass is 16.5. The number of morpholine rings is 1. The number of carbonyl (C=O) groups excluding carboxylic acids is 3. The number of likely N-dealkylation sites (N-methyl/N-ethyl adjacent to an activating group) is 1. The van der Waals surface area contributed by atoms with Gasteiger partial charge < -0.3 is 35.0 Å². The minimum absolute atomic E-state index is 0.000527. The number of nitrogens with one attached hydrogen (secondary N) is 2. The van der Waals surface area contributed by atoms with Crippen molar-refractivity contribution in [1.82, 2.24) is 20.0 Å². The minimum atomic E-state index is -0.403. The summed E-state index contributed by atoms with van der Waals surface area (Å²) in [6.07, 6.45) is 0.0267. The number of carbonyl (C=O) groups is 3. The molecule has 3 atom stereocenters. The molecule has 0 radical (unpaired) electrons. The van der Waals surface area contributed by atoms with Gasteiger partial charge in [-0.25, -0.2) is 4.79 Å². The number of benzene rings is 1. The zero-order valence-electron chi connectivity index (χ0n) is 23.9. The Balaban J connectivity index is 1.79. The molecule has 39 heavy (non-hydrogen) atoms. The first-order valence-corrected chi connectivity index (χ1v) is 13.9. The Labute approximate surface area is 231 Å². The average Bonchev–Trinajstić information content (AvgIpc) is 2.94. The lowest BCUT2D eigenvalue weighted by Gasteiger charge is -2.34. The molecule has 0 aromatic heterocycles. The Morgan fingerprint density at radius 1 is 1.21 bits per heavy atom. The van der Waals surface area contributed by atoms with E-state index < -0.39 is 6.10 Å². The van der Waals surface area contributed by atoms with Crippen molar-refractivity contribution in [2.45, 2.75) is 58.7 Å². The van der Waals surface area contributed by atoms with Crippen molar-refractivity contribution in [3.8, 4) is 5.75 Å². The second-order valence-corrected chi connectivity index (χ2v) is 10.9. The van der Waals surface area contributed by atoms with Gasteiger partial charge in [-0.3, -0.25) is 14.5 Å². The lowest BCUT2D eigenvalue weighted by Crippen LogP contribution is -2.49. The number of anilines is 1. The number of nitrogens with zero attached hydrogens (tertiary/aromatic N) is 3. The number of rotatable bonds is 9. The predicted molar refractivity (Wildman–Crippen MR) is 149 cm³/mol. The van der Waals surface area contributed by atoms with Gasteiger partial charge in [0, 0.05) is 62.9 Å². The molecule has 11 nitrogen and oxygen atoms in total. The van der Waals surface area contributed by atoms with Crippen LogP contribution < -0.4 is 15.4 Å². The Bertz CT molecular complexity index is 983. The lowest BCUT2D eigenvalue weighted by atomic mass is 10.0. The largest absolute Gasteiger partial charge is 0.488 e. The number of urea groups is 1. The Hall–Kier alpha value is -2.89. The molecule has 0 unspecified atom stereocenters. The van der Waals surface area contributed by atoms with Crippen LogP contribution >= 0.6 is 0 Å². The molecule has 2 aliphatic rings. The Kier molecular flexibility index (Phi) is 11.4.